The van der Waals surface area contributed by atoms with Crippen molar-refractivity contribution in [2.24, 2.45) is 0 Å². The van der Waals surface area contributed by atoms with Gasteiger partial charge in [-0.15, -0.1) is 0 Å². The Balaban J connectivity index is 1.73. The highest BCUT2D eigenvalue weighted by Gasteiger charge is 2.21. The second kappa shape index (κ2) is 6.62. The van der Waals surface area contributed by atoms with Gasteiger partial charge in [-0.2, -0.15) is 4.37 Å². The molecule has 0 saturated carbocycles. The molecule has 0 bridgehead atoms. The maximum Gasteiger partial charge on any atom is 0.205 e. The molecule has 118 valence electrons. The third kappa shape index (κ3) is 3.07. The number of aromatic nitrogens is 4. The van der Waals surface area contributed by atoms with E-state index in [0.29, 0.717) is 16.7 Å². The molecule has 1 aliphatic rings. The Kier molecular flexibility index (Phi) is 4.58. The van der Waals surface area contributed by atoms with Crippen LogP contribution in [0.3, 0.4) is 0 Å². The highest BCUT2D eigenvalue weighted by Crippen LogP contribution is 2.28. The van der Waals surface area contributed by atoms with Crippen molar-refractivity contribution in [3.8, 4) is 0 Å². The van der Waals surface area contributed by atoms with Crippen LogP contribution in [0.2, 0.25) is 5.02 Å². The Morgan fingerprint density at radius 1 is 1.23 bits per heavy atom. The highest BCUT2D eigenvalue weighted by molar-refractivity contribution is 7.09. The summed E-state index contributed by atoms with van der Waals surface area (Å²) in [6.07, 6.45) is 3.32. The van der Waals surface area contributed by atoms with Gasteiger partial charge in [-0.05, 0) is 6.42 Å². The van der Waals surface area contributed by atoms with E-state index in [1.54, 1.807) is 0 Å². The molecular formula is C13H18ClN7S. The molecule has 3 heterocycles. The van der Waals surface area contributed by atoms with Crippen LogP contribution in [0.5, 0.6) is 0 Å². The molecule has 1 saturated heterocycles. The second-order valence-corrected chi connectivity index (χ2v) is 6.18. The maximum absolute atomic E-state index is 6.23. The summed E-state index contributed by atoms with van der Waals surface area (Å²) in [5.41, 5.74) is 5.77. The molecule has 1 fully saturated rings. The second-order valence-electron chi connectivity index (χ2n) is 5.07. The zero-order valence-corrected chi connectivity index (χ0v) is 13.9. The lowest BCUT2D eigenvalue weighted by molar-refractivity contribution is 0.795. The topological polar surface area (TPSA) is 84.1 Å². The van der Waals surface area contributed by atoms with Crippen LogP contribution in [0.1, 0.15) is 19.2 Å². The molecule has 9 heteroatoms. The molecule has 0 aliphatic carbocycles. The van der Waals surface area contributed by atoms with Crippen molar-refractivity contribution in [2.45, 2.75) is 19.8 Å². The molecule has 0 atom stereocenters. The van der Waals surface area contributed by atoms with Crippen molar-refractivity contribution in [1.29, 1.82) is 0 Å². The van der Waals surface area contributed by atoms with E-state index >= 15 is 0 Å². The van der Waals surface area contributed by atoms with E-state index in [9.17, 15) is 0 Å². The summed E-state index contributed by atoms with van der Waals surface area (Å²) in [5.74, 6) is 1.94. The van der Waals surface area contributed by atoms with Crippen molar-refractivity contribution < 1.29 is 0 Å². The van der Waals surface area contributed by atoms with Crippen LogP contribution in [0, 0.1) is 0 Å². The van der Waals surface area contributed by atoms with Crippen LogP contribution in [0.25, 0.3) is 0 Å². The quantitative estimate of drug-likeness (QED) is 0.913. The number of hydrogen-bond acceptors (Lipinski definition) is 8. The lowest BCUT2D eigenvalue weighted by Crippen LogP contribution is -2.31. The summed E-state index contributed by atoms with van der Waals surface area (Å²) < 4.78 is 4.36. The first kappa shape index (κ1) is 15.2. The molecule has 2 N–H and O–H groups in total. The van der Waals surface area contributed by atoms with Gasteiger partial charge in [0.15, 0.2) is 5.82 Å². The summed E-state index contributed by atoms with van der Waals surface area (Å²) in [4.78, 5) is 17.2. The molecule has 0 radical (unpaired) electrons. The Labute approximate surface area is 138 Å². The van der Waals surface area contributed by atoms with Gasteiger partial charge in [0.25, 0.3) is 0 Å². The molecular weight excluding hydrogens is 322 g/mol. The fraction of sp³-hybridized carbons (Fsp3) is 0.538. The van der Waals surface area contributed by atoms with Crippen LogP contribution in [0.4, 0.5) is 16.8 Å². The van der Waals surface area contributed by atoms with Gasteiger partial charge in [-0.25, -0.2) is 15.0 Å². The Morgan fingerprint density at radius 2 is 2.00 bits per heavy atom. The zero-order valence-electron chi connectivity index (χ0n) is 12.4. The first-order valence-corrected chi connectivity index (χ1v) is 8.42. The fourth-order valence-electron chi connectivity index (χ4n) is 2.43. The van der Waals surface area contributed by atoms with Gasteiger partial charge in [0.05, 0.1) is 0 Å². The van der Waals surface area contributed by atoms with E-state index in [4.69, 9.17) is 17.3 Å². The van der Waals surface area contributed by atoms with Crippen LogP contribution < -0.4 is 15.5 Å². The molecule has 0 unspecified atom stereocenters. The first-order chi connectivity index (χ1) is 10.7. The standard InChI is InChI=1S/C13H18ClN7S/c1-2-9-18-13(22-19-9)21-5-3-4-20(6-7-21)12-10(14)11(15)16-8-17-12/h8H,2-7H2,1H3,(H2,15,16,17). The van der Waals surface area contributed by atoms with Gasteiger partial charge in [-0.1, -0.05) is 18.5 Å². The average molecular weight is 340 g/mol. The highest BCUT2D eigenvalue weighted by atomic mass is 35.5. The molecule has 2 aromatic rings. The summed E-state index contributed by atoms with van der Waals surface area (Å²) in [6.45, 7) is 5.58. The number of nitrogens with two attached hydrogens (primary N) is 1. The van der Waals surface area contributed by atoms with Crippen LogP contribution in [-0.2, 0) is 6.42 Å². The number of halogens is 1. The summed E-state index contributed by atoms with van der Waals surface area (Å²) in [7, 11) is 0. The van der Waals surface area contributed by atoms with Gasteiger partial charge in [0.1, 0.15) is 23.0 Å². The summed E-state index contributed by atoms with van der Waals surface area (Å²) >= 11 is 7.70. The van der Waals surface area contributed by atoms with Crippen molar-refractivity contribution in [1.82, 2.24) is 19.3 Å². The smallest absolute Gasteiger partial charge is 0.205 e. The molecule has 7 nitrogen and oxygen atoms in total. The van der Waals surface area contributed by atoms with E-state index in [1.165, 1.54) is 17.9 Å². The van der Waals surface area contributed by atoms with E-state index in [-0.39, 0.29) is 0 Å². The van der Waals surface area contributed by atoms with E-state index in [0.717, 1.165) is 50.0 Å². The lowest BCUT2D eigenvalue weighted by Gasteiger charge is -2.23. The van der Waals surface area contributed by atoms with Gasteiger partial charge in [0.2, 0.25) is 5.13 Å². The van der Waals surface area contributed by atoms with E-state index < -0.39 is 0 Å². The van der Waals surface area contributed by atoms with Crippen LogP contribution >= 0.6 is 23.1 Å². The monoisotopic (exact) mass is 339 g/mol. The van der Waals surface area contributed by atoms with Crippen LogP contribution in [-0.4, -0.2) is 45.5 Å². The minimum absolute atomic E-state index is 0.324. The molecule has 0 spiro atoms. The molecule has 1 aliphatic heterocycles. The SMILES string of the molecule is CCc1nsc(N2CCCN(c3ncnc(N)c3Cl)CC2)n1. The minimum atomic E-state index is 0.324. The Hall–Kier alpha value is -1.67. The van der Waals surface area contributed by atoms with Crippen molar-refractivity contribution in [2.75, 3.05) is 41.7 Å². The third-order valence-corrected chi connectivity index (χ3v) is 4.82. The fourth-order valence-corrected chi connectivity index (χ4v) is 3.45. The third-order valence-electron chi connectivity index (χ3n) is 3.64. The first-order valence-electron chi connectivity index (χ1n) is 7.27. The largest absolute Gasteiger partial charge is 0.382 e. The molecule has 0 aromatic carbocycles. The van der Waals surface area contributed by atoms with E-state index in [1.807, 2.05) is 0 Å². The van der Waals surface area contributed by atoms with E-state index in [2.05, 4.69) is 36.0 Å². The molecule has 22 heavy (non-hydrogen) atoms. The van der Waals surface area contributed by atoms with Crippen molar-refractivity contribution in [3.05, 3.63) is 17.2 Å². The number of nitrogen functional groups attached to an aromatic ring is 1. The molecule has 0 amide bonds. The predicted molar refractivity (Wildman–Crippen MR) is 89.8 cm³/mol. The normalized spacial score (nSPS) is 15.9. The number of aryl methyl sites for hydroxylation is 1. The predicted octanol–water partition coefficient (Wildman–Crippen LogP) is 1.84. The zero-order chi connectivity index (χ0) is 15.5. The average Bonchev–Trinajstić information content (AvgIpc) is 2.88. The molecule has 3 rings (SSSR count). The number of hydrogen-bond donors (Lipinski definition) is 1. The lowest BCUT2D eigenvalue weighted by atomic mass is 10.3. The van der Waals surface area contributed by atoms with Crippen molar-refractivity contribution >= 4 is 39.9 Å². The Morgan fingerprint density at radius 3 is 2.77 bits per heavy atom. The van der Waals surface area contributed by atoms with Gasteiger partial charge in [-0.3, -0.25) is 0 Å². The van der Waals surface area contributed by atoms with Gasteiger partial charge >= 0.3 is 0 Å². The molecule has 2 aromatic heterocycles. The Bertz CT molecular complexity index is 647. The number of anilines is 3. The van der Waals surface area contributed by atoms with Crippen LogP contribution in [0.15, 0.2) is 6.33 Å². The van der Waals surface area contributed by atoms with Gasteiger partial charge < -0.3 is 15.5 Å². The van der Waals surface area contributed by atoms with Crippen molar-refractivity contribution in [3.63, 3.8) is 0 Å². The maximum atomic E-state index is 6.23. The number of rotatable bonds is 3. The summed E-state index contributed by atoms with van der Waals surface area (Å²) in [6, 6.07) is 0. The number of nitrogens with zero attached hydrogens (tertiary/aromatic N) is 6. The van der Waals surface area contributed by atoms with Gasteiger partial charge in [0, 0.05) is 44.1 Å². The minimum Gasteiger partial charge on any atom is -0.382 e. The summed E-state index contributed by atoms with van der Waals surface area (Å²) in [5, 5.41) is 1.42.